The Morgan fingerprint density at radius 3 is 2.39 bits per heavy atom. The van der Waals surface area contributed by atoms with Crippen LogP contribution in [-0.4, -0.2) is 30.8 Å². The van der Waals surface area contributed by atoms with Gasteiger partial charge in [-0.25, -0.2) is 13.4 Å². The largest absolute Gasteiger partial charge is 0.326 e. The van der Waals surface area contributed by atoms with E-state index in [0.717, 1.165) is 5.56 Å². The van der Waals surface area contributed by atoms with Crippen LogP contribution >= 0.6 is 0 Å². The molecule has 0 saturated carbocycles. The molecule has 2 heterocycles. The molecule has 0 aromatic carbocycles. The molecule has 0 amide bonds. The second kappa shape index (κ2) is 4.95. The van der Waals surface area contributed by atoms with E-state index < -0.39 is 10.0 Å². The van der Waals surface area contributed by atoms with Crippen molar-refractivity contribution in [3.63, 3.8) is 0 Å². The summed E-state index contributed by atoms with van der Waals surface area (Å²) in [4.78, 5) is 4.01. The zero-order valence-corrected chi connectivity index (χ0v) is 11.5. The molecule has 2 unspecified atom stereocenters. The van der Waals surface area contributed by atoms with E-state index >= 15 is 0 Å². The van der Waals surface area contributed by atoms with E-state index in [0.29, 0.717) is 31.5 Å². The summed E-state index contributed by atoms with van der Waals surface area (Å²) in [5.74, 6) is 0.784. The fraction of sp³-hybridized carbons (Fsp3) is 0.583. The molecule has 1 saturated heterocycles. The van der Waals surface area contributed by atoms with Crippen LogP contribution in [0.4, 0.5) is 0 Å². The average molecular weight is 269 g/mol. The van der Waals surface area contributed by atoms with Gasteiger partial charge < -0.3 is 5.73 Å². The van der Waals surface area contributed by atoms with Crippen molar-refractivity contribution in [2.75, 3.05) is 13.1 Å². The summed E-state index contributed by atoms with van der Waals surface area (Å²) in [7, 11) is -3.45. The number of nitrogens with zero attached hydrogens (tertiary/aromatic N) is 2. The molecule has 2 N–H and O–H groups in total. The maximum atomic E-state index is 12.4. The van der Waals surface area contributed by atoms with Crippen molar-refractivity contribution >= 4 is 10.0 Å². The molecule has 1 aromatic rings. The quantitative estimate of drug-likeness (QED) is 0.881. The van der Waals surface area contributed by atoms with Crippen LogP contribution in [0.1, 0.15) is 19.4 Å². The molecule has 1 aliphatic rings. The number of nitrogens with two attached hydrogens (primary N) is 1. The van der Waals surface area contributed by atoms with E-state index in [2.05, 4.69) is 18.8 Å². The van der Waals surface area contributed by atoms with Crippen LogP contribution < -0.4 is 5.73 Å². The van der Waals surface area contributed by atoms with E-state index in [1.807, 2.05) is 0 Å². The Labute approximate surface area is 108 Å². The summed E-state index contributed by atoms with van der Waals surface area (Å²) < 4.78 is 26.2. The third-order valence-electron chi connectivity index (χ3n) is 3.59. The first-order chi connectivity index (χ1) is 8.45. The second-order valence-corrected chi connectivity index (χ2v) is 6.87. The molecule has 1 fully saturated rings. The molecule has 5 nitrogen and oxygen atoms in total. The van der Waals surface area contributed by atoms with Crippen molar-refractivity contribution in [3.05, 3.63) is 23.9 Å². The zero-order chi connectivity index (χ0) is 13.3. The normalized spacial score (nSPS) is 25.5. The third kappa shape index (κ3) is 2.41. The lowest BCUT2D eigenvalue weighted by Crippen LogP contribution is -2.29. The molecule has 6 heteroatoms. The minimum Gasteiger partial charge on any atom is -0.326 e. The van der Waals surface area contributed by atoms with Gasteiger partial charge in [0.15, 0.2) is 5.03 Å². The lowest BCUT2D eigenvalue weighted by atomic mass is 10.0. The maximum Gasteiger partial charge on any atom is 0.260 e. The predicted molar refractivity (Wildman–Crippen MR) is 69.2 cm³/mol. The van der Waals surface area contributed by atoms with Gasteiger partial charge in [0.1, 0.15) is 0 Å². The monoisotopic (exact) mass is 269 g/mol. The summed E-state index contributed by atoms with van der Waals surface area (Å²) in [6.07, 6.45) is 1.52. The lowest BCUT2D eigenvalue weighted by Gasteiger charge is -2.15. The smallest absolute Gasteiger partial charge is 0.260 e. The topological polar surface area (TPSA) is 76.3 Å². The van der Waals surface area contributed by atoms with Gasteiger partial charge in [0.25, 0.3) is 10.0 Å². The summed E-state index contributed by atoms with van der Waals surface area (Å²) >= 11 is 0. The van der Waals surface area contributed by atoms with Gasteiger partial charge >= 0.3 is 0 Å². The fourth-order valence-electron chi connectivity index (χ4n) is 2.09. The second-order valence-electron chi connectivity index (χ2n) is 4.99. The summed E-state index contributed by atoms with van der Waals surface area (Å²) in [6, 6.07) is 3.24. The minimum atomic E-state index is -3.45. The number of sulfonamides is 1. The van der Waals surface area contributed by atoms with E-state index in [1.165, 1.54) is 16.6 Å². The van der Waals surface area contributed by atoms with Gasteiger partial charge in [-0.3, -0.25) is 0 Å². The minimum absolute atomic E-state index is 0.112. The van der Waals surface area contributed by atoms with Gasteiger partial charge in [-0.2, -0.15) is 4.31 Å². The maximum absolute atomic E-state index is 12.4. The molecule has 100 valence electrons. The Hall–Kier alpha value is -0.980. The number of aromatic nitrogens is 1. The fourth-order valence-corrected chi connectivity index (χ4v) is 3.64. The van der Waals surface area contributed by atoms with Crippen molar-refractivity contribution in [1.82, 2.24) is 9.29 Å². The van der Waals surface area contributed by atoms with Crippen molar-refractivity contribution in [1.29, 1.82) is 0 Å². The van der Waals surface area contributed by atoms with E-state index in [4.69, 9.17) is 5.73 Å². The van der Waals surface area contributed by atoms with Gasteiger partial charge in [-0.1, -0.05) is 19.9 Å². The lowest BCUT2D eigenvalue weighted by molar-refractivity contribution is 0.460. The molecule has 0 radical (unpaired) electrons. The molecule has 0 spiro atoms. The summed E-state index contributed by atoms with van der Waals surface area (Å²) in [6.45, 7) is 5.66. The first kappa shape index (κ1) is 13.5. The first-order valence-electron chi connectivity index (χ1n) is 6.10. The van der Waals surface area contributed by atoms with E-state index in [9.17, 15) is 8.42 Å². The summed E-state index contributed by atoms with van der Waals surface area (Å²) in [5.41, 5.74) is 6.30. The molecule has 1 aromatic heterocycles. The SMILES string of the molecule is CC1CN(S(=O)(=O)c2ccc(CN)cn2)CC1C. The molecular formula is C12H19N3O2S. The molecular weight excluding hydrogens is 250 g/mol. The molecule has 2 atom stereocenters. The number of hydrogen-bond acceptors (Lipinski definition) is 4. The van der Waals surface area contributed by atoms with Crippen LogP contribution in [0.3, 0.4) is 0 Å². The van der Waals surface area contributed by atoms with Crippen LogP contribution in [0.15, 0.2) is 23.4 Å². The van der Waals surface area contributed by atoms with Gasteiger partial charge in [0.05, 0.1) is 0 Å². The van der Waals surface area contributed by atoms with Crippen LogP contribution in [0, 0.1) is 11.8 Å². The van der Waals surface area contributed by atoms with Gasteiger partial charge in [0, 0.05) is 25.8 Å². The highest BCUT2D eigenvalue weighted by Gasteiger charge is 2.35. The number of hydrogen-bond donors (Lipinski definition) is 1. The highest BCUT2D eigenvalue weighted by Crippen LogP contribution is 2.27. The molecule has 1 aliphatic heterocycles. The number of rotatable bonds is 3. The Morgan fingerprint density at radius 2 is 1.94 bits per heavy atom. The summed E-state index contributed by atoms with van der Waals surface area (Å²) in [5, 5.41) is 0.112. The van der Waals surface area contributed by atoms with Gasteiger partial charge in [-0.05, 0) is 23.5 Å². The van der Waals surface area contributed by atoms with E-state index in [1.54, 1.807) is 6.07 Å². The molecule has 0 bridgehead atoms. The van der Waals surface area contributed by atoms with Crippen LogP contribution in [0.25, 0.3) is 0 Å². The Balaban J connectivity index is 2.25. The standard InChI is InChI=1S/C12H19N3O2S/c1-9-7-15(8-10(9)2)18(16,17)12-4-3-11(5-13)6-14-12/h3-4,6,9-10H,5,7-8,13H2,1-2H3. The Bertz CT molecular complexity index is 503. The molecule has 18 heavy (non-hydrogen) atoms. The number of pyridine rings is 1. The first-order valence-corrected chi connectivity index (χ1v) is 7.54. The van der Waals surface area contributed by atoms with Gasteiger partial charge in [0.2, 0.25) is 0 Å². The van der Waals surface area contributed by atoms with Crippen molar-refractivity contribution in [2.24, 2.45) is 17.6 Å². The van der Waals surface area contributed by atoms with Crippen molar-refractivity contribution < 1.29 is 8.42 Å². The zero-order valence-electron chi connectivity index (χ0n) is 10.7. The van der Waals surface area contributed by atoms with Crippen LogP contribution in [0.2, 0.25) is 0 Å². The average Bonchev–Trinajstić information content (AvgIpc) is 2.70. The van der Waals surface area contributed by atoms with Gasteiger partial charge in [-0.15, -0.1) is 0 Å². The Kier molecular flexibility index (Phi) is 3.70. The van der Waals surface area contributed by atoms with Crippen LogP contribution in [0.5, 0.6) is 0 Å². The molecule has 0 aliphatic carbocycles. The van der Waals surface area contributed by atoms with Crippen molar-refractivity contribution in [2.45, 2.75) is 25.4 Å². The highest BCUT2D eigenvalue weighted by atomic mass is 32.2. The Morgan fingerprint density at radius 1 is 1.33 bits per heavy atom. The van der Waals surface area contributed by atoms with Crippen LogP contribution in [-0.2, 0) is 16.6 Å². The van der Waals surface area contributed by atoms with Crippen molar-refractivity contribution in [3.8, 4) is 0 Å². The molecule has 2 rings (SSSR count). The predicted octanol–water partition coefficient (Wildman–Crippen LogP) is 0.817. The highest BCUT2D eigenvalue weighted by molar-refractivity contribution is 7.89. The third-order valence-corrected chi connectivity index (χ3v) is 5.34. The van der Waals surface area contributed by atoms with E-state index in [-0.39, 0.29) is 5.03 Å².